The van der Waals surface area contributed by atoms with Gasteiger partial charge >= 0.3 is 0 Å². The number of halogens is 2. The summed E-state index contributed by atoms with van der Waals surface area (Å²) >= 11 is 0. The zero-order valence-corrected chi connectivity index (χ0v) is 16.6. The van der Waals surface area contributed by atoms with Gasteiger partial charge in [0.25, 0.3) is 0 Å². The van der Waals surface area contributed by atoms with Gasteiger partial charge in [-0.15, -0.1) is 24.8 Å². The largest absolute Gasteiger partial charge is 0.353 e. The van der Waals surface area contributed by atoms with Gasteiger partial charge in [-0.1, -0.05) is 13.3 Å². The Labute approximate surface area is 159 Å². The molecular formula is C18H35Cl2N3O. The molecule has 6 heteroatoms. The van der Waals surface area contributed by atoms with E-state index < -0.39 is 0 Å². The number of carbonyl (C=O) groups excluding carboxylic acids is 1. The molecule has 0 aromatic carbocycles. The normalized spacial score (nSPS) is 30.3. The maximum Gasteiger partial charge on any atom is 0.220 e. The van der Waals surface area contributed by atoms with Gasteiger partial charge in [0, 0.05) is 37.6 Å². The molecule has 0 spiro atoms. The summed E-state index contributed by atoms with van der Waals surface area (Å²) in [5.74, 6) is 0.918. The van der Waals surface area contributed by atoms with Gasteiger partial charge in [0.1, 0.15) is 0 Å². The maximum absolute atomic E-state index is 12.3. The Morgan fingerprint density at radius 3 is 2.29 bits per heavy atom. The van der Waals surface area contributed by atoms with Crippen molar-refractivity contribution in [3.05, 3.63) is 0 Å². The van der Waals surface area contributed by atoms with Crippen LogP contribution in [-0.2, 0) is 4.79 Å². The molecule has 2 unspecified atom stereocenters. The predicted molar refractivity (Wildman–Crippen MR) is 104 cm³/mol. The van der Waals surface area contributed by atoms with Gasteiger partial charge in [-0.25, -0.2) is 0 Å². The highest BCUT2D eigenvalue weighted by Crippen LogP contribution is 2.32. The summed E-state index contributed by atoms with van der Waals surface area (Å²) in [6.07, 6.45) is 10.6. The molecule has 3 saturated heterocycles. The first-order chi connectivity index (χ1) is 10.7. The quantitative estimate of drug-likeness (QED) is 0.744. The highest BCUT2D eigenvalue weighted by atomic mass is 35.5. The molecular weight excluding hydrogens is 345 g/mol. The Morgan fingerprint density at radius 2 is 1.71 bits per heavy atom. The molecule has 3 rings (SSSR count). The zero-order valence-electron chi connectivity index (χ0n) is 15.0. The molecule has 2 N–H and O–H groups in total. The second-order valence-electron chi connectivity index (χ2n) is 7.72. The second-order valence-corrected chi connectivity index (χ2v) is 7.72. The predicted octanol–water partition coefficient (Wildman–Crippen LogP) is 3.13. The topological polar surface area (TPSA) is 44.4 Å². The minimum Gasteiger partial charge on any atom is -0.353 e. The van der Waals surface area contributed by atoms with E-state index in [1.807, 2.05) is 0 Å². The van der Waals surface area contributed by atoms with Crippen LogP contribution in [0, 0.1) is 5.92 Å². The maximum atomic E-state index is 12.3. The van der Waals surface area contributed by atoms with Crippen molar-refractivity contribution in [1.82, 2.24) is 15.5 Å². The molecule has 0 aromatic rings. The first-order valence-corrected chi connectivity index (χ1v) is 9.50. The van der Waals surface area contributed by atoms with Crippen LogP contribution in [0.3, 0.4) is 0 Å². The minimum atomic E-state index is 0. The van der Waals surface area contributed by atoms with Crippen LogP contribution in [0.2, 0.25) is 0 Å². The Kier molecular flexibility index (Phi) is 9.95. The van der Waals surface area contributed by atoms with Crippen molar-refractivity contribution in [2.75, 3.05) is 19.6 Å². The van der Waals surface area contributed by atoms with Crippen LogP contribution in [0.5, 0.6) is 0 Å². The Bertz CT molecular complexity index is 363. The van der Waals surface area contributed by atoms with Crippen LogP contribution < -0.4 is 10.6 Å². The molecule has 1 amide bonds. The van der Waals surface area contributed by atoms with E-state index in [1.165, 1.54) is 45.1 Å². The number of hydrogen-bond donors (Lipinski definition) is 2. The van der Waals surface area contributed by atoms with Crippen molar-refractivity contribution >= 4 is 30.7 Å². The smallest absolute Gasteiger partial charge is 0.220 e. The molecule has 142 valence electrons. The minimum absolute atomic E-state index is 0. The average molecular weight is 380 g/mol. The fraction of sp³-hybridized carbons (Fsp3) is 0.944. The standard InChI is InChI=1S/C18H33N3O.2ClH/c1-2-3-8-21-9-6-15(7-10-21)20-18(22)13-14-11-16-4-5-17(12-14)19-16;;/h14-17,19H,2-13H2,1H3,(H,20,22);2*1H. The molecule has 3 aliphatic rings. The van der Waals surface area contributed by atoms with E-state index in [1.54, 1.807) is 0 Å². The average Bonchev–Trinajstić information content (AvgIpc) is 2.85. The van der Waals surface area contributed by atoms with Crippen LogP contribution in [0.4, 0.5) is 0 Å². The van der Waals surface area contributed by atoms with Crippen molar-refractivity contribution in [2.24, 2.45) is 5.92 Å². The molecule has 0 aliphatic carbocycles. The molecule has 0 saturated carbocycles. The molecule has 3 fully saturated rings. The van der Waals surface area contributed by atoms with Crippen molar-refractivity contribution < 1.29 is 4.79 Å². The van der Waals surface area contributed by atoms with Crippen LogP contribution in [0.1, 0.15) is 64.7 Å². The monoisotopic (exact) mass is 379 g/mol. The van der Waals surface area contributed by atoms with Crippen molar-refractivity contribution in [3.8, 4) is 0 Å². The first kappa shape index (κ1) is 22.0. The zero-order chi connectivity index (χ0) is 15.4. The van der Waals surface area contributed by atoms with Gasteiger partial charge in [-0.05, 0) is 57.4 Å². The lowest BCUT2D eigenvalue weighted by Gasteiger charge is -2.33. The fourth-order valence-corrected chi connectivity index (χ4v) is 4.57. The van der Waals surface area contributed by atoms with Gasteiger partial charge in [-0.2, -0.15) is 0 Å². The molecule has 2 bridgehead atoms. The molecule has 0 radical (unpaired) electrons. The van der Waals surface area contributed by atoms with E-state index in [-0.39, 0.29) is 24.8 Å². The highest BCUT2D eigenvalue weighted by Gasteiger charge is 2.34. The van der Waals surface area contributed by atoms with Crippen LogP contribution in [-0.4, -0.2) is 48.6 Å². The van der Waals surface area contributed by atoms with E-state index in [2.05, 4.69) is 22.5 Å². The Hall–Kier alpha value is -0.0300. The molecule has 24 heavy (non-hydrogen) atoms. The van der Waals surface area contributed by atoms with E-state index in [4.69, 9.17) is 0 Å². The van der Waals surface area contributed by atoms with Crippen LogP contribution >= 0.6 is 24.8 Å². The fourth-order valence-electron chi connectivity index (χ4n) is 4.57. The number of unbranched alkanes of at least 4 members (excludes halogenated alkanes) is 1. The number of amides is 1. The van der Waals surface area contributed by atoms with E-state index in [0.29, 0.717) is 30.0 Å². The third-order valence-corrected chi connectivity index (χ3v) is 5.83. The van der Waals surface area contributed by atoms with Gasteiger partial charge in [0.15, 0.2) is 0 Å². The number of piperidine rings is 2. The molecule has 2 atom stereocenters. The number of nitrogens with zero attached hydrogens (tertiary/aromatic N) is 1. The summed E-state index contributed by atoms with van der Waals surface area (Å²) in [6.45, 7) is 5.79. The Balaban J connectivity index is 0.00000144. The number of hydrogen-bond acceptors (Lipinski definition) is 3. The first-order valence-electron chi connectivity index (χ1n) is 9.50. The third kappa shape index (κ3) is 6.36. The van der Waals surface area contributed by atoms with Crippen molar-refractivity contribution in [2.45, 2.75) is 82.8 Å². The van der Waals surface area contributed by atoms with Gasteiger partial charge in [-0.3, -0.25) is 4.79 Å². The third-order valence-electron chi connectivity index (χ3n) is 5.83. The van der Waals surface area contributed by atoms with Gasteiger partial charge < -0.3 is 15.5 Å². The number of nitrogens with one attached hydrogen (secondary N) is 2. The van der Waals surface area contributed by atoms with E-state index >= 15 is 0 Å². The second kappa shape index (κ2) is 10.8. The van der Waals surface area contributed by atoms with Crippen LogP contribution in [0.15, 0.2) is 0 Å². The molecule has 4 nitrogen and oxygen atoms in total. The summed E-state index contributed by atoms with van der Waals surface area (Å²) < 4.78 is 0. The van der Waals surface area contributed by atoms with Crippen LogP contribution in [0.25, 0.3) is 0 Å². The number of likely N-dealkylation sites (tertiary alicyclic amines) is 1. The summed E-state index contributed by atoms with van der Waals surface area (Å²) in [5, 5.41) is 6.97. The van der Waals surface area contributed by atoms with Gasteiger partial charge in [0.2, 0.25) is 5.91 Å². The summed E-state index contributed by atoms with van der Waals surface area (Å²) in [5.41, 5.74) is 0. The highest BCUT2D eigenvalue weighted by molar-refractivity contribution is 5.85. The van der Waals surface area contributed by atoms with Crippen molar-refractivity contribution in [1.29, 1.82) is 0 Å². The summed E-state index contributed by atoms with van der Waals surface area (Å²) in [7, 11) is 0. The van der Waals surface area contributed by atoms with Crippen molar-refractivity contribution in [3.63, 3.8) is 0 Å². The summed E-state index contributed by atoms with van der Waals surface area (Å²) in [4.78, 5) is 14.9. The molecule has 0 aromatic heterocycles. The lowest BCUT2D eigenvalue weighted by atomic mass is 9.89. The number of rotatable bonds is 6. The molecule has 3 heterocycles. The number of fused-ring (bicyclic) bond motifs is 2. The van der Waals surface area contributed by atoms with Gasteiger partial charge in [0.05, 0.1) is 0 Å². The Morgan fingerprint density at radius 1 is 1.08 bits per heavy atom. The SMILES string of the molecule is CCCCN1CCC(NC(=O)CC2CC3CCC(C2)N3)CC1.Cl.Cl. The molecule has 3 aliphatic heterocycles. The van der Waals surface area contributed by atoms with E-state index in [0.717, 1.165) is 32.4 Å². The lowest BCUT2D eigenvalue weighted by Crippen LogP contribution is -2.46. The van der Waals surface area contributed by atoms with E-state index in [9.17, 15) is 4.79 Å². The lowest BCUT2D eigenvalue weighted by molar-refractivity contribution is -0.123. The number of carbonyl (C=O) groups is 1. The summed E-state index contributed by atoms with van der Waals surface area (Å²) in [6, 6.07) is 1.81.